The molecule has 2 nitrogen and oxygen atoms in total. The number of nitrogens with one attached hydrogen (secondary N) is 1. The Kier molecular flexibility index (Phi) is 5.01. The predicted octanol–water partition coefficient (Wildman–Crippen LogP) is 5.38. The summed E-state index contributed by atoms with van der Waals surface area (Å²) in [6, 6.07) is 13.4. The van der Waals surface area contributed by atoms with Gasteiger partial charge in [-0.1, -0.05) is 23.7 Å². The minimum Gasteiger partial charge on any atom is -0.322 e. The maximum Gasteiger partial charge on any atom is 0.255 e. The largest absolute Gasteiger partial charge is 0.322 e. The fraction of sp³-hybridized carbons (Fsp3) is 0.235. The van der Waals surface area contributed by atoms with Gasteiger partial charge in [0.2, 0.25) is 0 Å². The number of anilines is 1. The molecular formula is C17H16ClNOS2. The number of amides is 1. The Bertz CT molecular complexity index is 682. The first-order valence-corrected chi connectivity index (χ1v) is 9.52. The highest BCUT2D eigenvalue weighted by Gasteiger charge is 2.18. The fourth-order valence-corrected chi connectivity index (χ4v) is 5.39. The lowest BCUT2D eigenvalue weighted by Gasteiger charge is -2.11. The summed E-state index contributed by atoms with van der Waals surface area (Å²) in [5.74, 6) is 2.31. The maximum atomic E-state index is 12.3. The second kappa shape index (κ2) is 6.99. The van der Waals surface area contributed by atoms with Crippen molar-refractivity contribution in [1.82, 2.24) is 0 Å². The molecule has 0 saturated carbocycles. The Morgan fingerprint density at radius 2 is 1.82 bits per heavy atom. The first kappa shape index (κ1) is 15.8. The van der Waals surface area contributed by atoms with Gasteiger partial charge in [-0.25, -0.2) is 0 Å². The van der Waals surface area contributed by atoms with E-state index in [4.69, 9.17) is 11.6 Å². The van der Waals surface area contributed by atoms with Crippen molar-refractivity contribution in [3.05, 3.63) is 64.2 Å². The van der Waals surface area contributed by atoms with Crippen LogP contribution in [0.1, 0.15) is 26.1 Å². The fourth-order valence-electron chi connectivity index (χ4n) is 2.30. The first-order chi connectivity index (χ1) is 10.6. The van der Waals surface area contributed by atoms with Gasteiger partial charge in [-0.15, -0.1) is 23.5 Å². The van der Waals surface area contributed by atoms with E-state index in [1.165, 1.54) is 17.1 Å². The lowest BCUT2D eigenvalue weighted by Crippen LogP contribution is -2.12. The minimum atomic E-state index is -0.0938. The SMILES string of the molecule is Cc1cc(Cl)ccc1NC(=O)c1ccc(C2SCCS2)cc1. The van der Waals surface area contributed by atoms with Gasteiger partial charge in [-0.05, 0) is 48.4 Å². The quantitative estimate of drug-likeness (QED) is 0.806. The average molecular weight is 350 g/mol. The van der Waals surface area contributed by atoms with Crippen LogP contribution in [-0.4, -0.2) is 17.4 Å². The van der Waals surface area contributed by atoms with Crippen molar-refractivity contribution < 1.29 is 4.79 Å². The molecule has 1 aliphatic rings. The van der Waals surface area contributed by atoms with Crippen LogP contribution in [0.3, 0.4) is 0 Å². The topological polar surface area (TPSA) is 29.1 Å². The number of benzene rings is 2. The number of aryl methyl sites for hydroxylation is 1. The number of carbonyl (C=O) groups is 1. The molecule has 0 spiro atoms. The van der Waals surface area contributed by atoms with Gasteiger partial charge < -0.3 is 5.32 Å². The second-order valence-corrected chi connectivity index (χ2v) is 8.27. The van der Waals surface area contributed by atoms with Crippen LogP contribution in [0.4, 0.5) is 5.69 Å². The first-order valence-electron chi connectivity index (χ1n) is 7.04. The summed E-state index contributed by atoms with van der Waals surface area (Å²) in [7, 11) is 0. The third-order valence-electron chi connectivity index (χ3n) is 3.50. The summed E-state index contributed by atoms with van der Waals surface area (Å²) in [6.07, 6.45) is 0. The molecule has 2 aromatic carbocycles. The Balaban J connectivity index is 1.71. The molecule has 1 heterocycles. The van der Waals surface area contributed by atoms with Gasteiger partial charge in [-0.2, -0.15) is 0 Å². The Morgan fingerprint density at radius 3 is 2.45 bits per heavy atom. The molecule has 114 valence electrons. The summed E-state index contributed by atoms with van der Waals surface area (Å²) >= 11 is 9.86. The van der Waals surface area contributed by atoms with Crippen LogP contribution < -0.4 is 5.32 Å². The summed E-state index contributed by atoms with van der Waals surface area (Å²) in [4.78, 5) is 12.3. The van der Waals surface area contributed by atoms with Crippen molar-refractivity contribution in [1.29, 1.82) is 0 Å². The van der Waals surface area contributed by atoms with E-state index in [0.717, 1.165) is 11.3 Å². The predicted molar refractivity (Wildman–Crippen MR) is 98.2 cm³/mol. The number of hydrogen-bond acceptors (Lipinski definition) is 3. The highest BCUT2D eigenvalue weighted by molar-refractivity contribution is 8.19. The summed E-state index contributed by atoms with van der Waals surface area (Å²) in [6.45, 7) is 1.93. The van der Waals surface area contributed by atoms with E-state index in [0.29, 0.717) is 15.2 Å². The zero-order chi connectivity index (χ0) is 15.5. The molecule has 0 aromatic heterocycles. The van der Waals surface area contributed by atoms with Crippen molar-refractivity contribution in [2.75, 3.05) is 16.8 Å². The Labute approximate surface area is 144 Å². The minimum absolute atomic E-state index is 0.0938. The van der Waals surface area contributed by atoms with E-state index in [2.05, 4.69) is 17.4 Å². The molecule has 2 aromatic rings. The molecule has 1 amide bonds. The Hall–Kier alpha value is -1.10. The third kappa shape index (κ3) is 3.62. The lowest BCUT2D eigenvalue weighted by atomic mass is 10.1. The number of halogens is 1. The van der Waals surface area contributed by atoms with E-state index in [-0.39, 0.29) is 5.91 Å². The monoisotopic (exact) mass is 349 g/mol. The van der Waals surface area contributed by atoms with E-state index >= 15 is 0 Å². The molecule has 5 heteroatoms. The smallest absolute Gasteiger partial charge is 0.255 e. The maximum absolute atomic E-state index is 12.3. The number of hydrogen-bond donors (Lipinski definition) is 1. The van der Waals surface area contributed by atoms with Crippen molar-refractivity contribution in [3.8, 4) is 0 Å². The zero-order valence-electron chi connectivity index (χ0n) is 12.1. The Morgan fingerprint density at radius 1 is 1.14 bits per heavy atom. The van der Waals surface area contributed by atoms with Gasteiger partial charge >= 0.3 is 0 Å². The molecule has 0 bridgehead atoms. The van der Waals surface area contributed by atoms with Gasteiger partial charge in [0.15, 0.2) is 0 Å². The standard InChI is InChI=1S/C17H16ClNOS2/c1-11-10-14(18)6-7-15(11)19-16(20)12-2-4-13(5-3-12)17-21-8-9-22-17/h2-7,10,17H,8-9H2,1H3,(H,19,20). The van der Waals surface area contributed by atoms with Crippen molar-refractivity contribution >= 4 is 46.7 Å². The summed E-state index contributed by atoms with van der Waals surface area (Å²) < 4.78 is 0.510. The molecule has 0 radical (unpaired) electrons. The second-order valence-electron chi connectivity index (χ2n) is 5.11. The zero-order valence-corrected chi connectivity index (χ0v) is 14.5. The van der Waals surface area contributed by atoms with Crippen molar-refractivity contribution in [2.24, 2.45) is 0 Å². The van der Waals surface area contributed by atoms with E-state index < -0.39 is 0 Å². The van der Waals surface area contributed by atoms with Crippen LogP contribution in [-0.2, 0) is 0 Å². The van der Waals surface area contributed by atoms with Gasteiger partial charge in [0.05, 0.1) is 4.58 Å². The number of carbonyl (C=O) groups excluding carboxylic acids is 1. The van der Waals surface area contributed by atoms with Gasteiger partial charge in [0.25, 0.3) is 5.91 Å². The molecule has 22 heavy (non-hydrogen) atoms. The van der Waals surface area contributed by atoms with E-state index in [1.807, 2.05) is 54.7 Å². The van der Waals surface area contributed by atoms with Crippen molar-refractivity contribution in [2.45, 2.75) is 11.5 Å². The van der Waals surface area contributed by atoms with Gasteiger partial charge in [-0.3, -0.25) is 4.79 Å². The highest BCUT2D eigenvalue weighted by atomic mass is 35.5. The van der Waals surface area contributed by atoms with Crippen LogP contribution in [0.25, 0.3) is 0 Å². The molecule has 1 aliphatic heterocycles. The van der Waals surface area contributed by atoms with E-state index in [9.17, 15) is 4.79 Å². The third-order valence-corrected chi connectivity index (χ3v) is 6.84. The number of rotatable bonds is 3. The van der Waals surface area contributed by atoms with Crippen LogP contribution in [0.15, 0.2) is 42.5 Å². The average Bonchev–Trinajstić information content (AvgIpc) is 3.04. The molecule has 0 atom stereocenters. The molecule has 0 aliphatic carbocycles. The molecule has 1 saturated heterocycles. The van der Waals surface area contributed by atoms with Crippen molar-refractivity contribution in [3.63, 3.8) is 0 Å². The number of thioether (sulfide) groups is 2. The van der Waals surface area contributed by atoms with Crippen LogP contribution in [0, 0.1) is 6.92 Å². The van der Waals surface area contributed by atoms with E-state index in [1.54, 1.807) is 6.07 Å². The molecule has 1 fully saturated rings. The van der Waals surface area contributed by atoms with Crippen LogP contribution >= 0.6 is 35.1 Å². The van der Waals surface area contributed by atoms with Crippen LogP contribution in [0.2, 0.25) is 5.02 Å². The lowest BCUT2D eigenvalue weighted by molar-refractivity contribution is 0.102. The normalized spacial score (nSPS) is 15.0. The highest BCUT2D eigenvalue weighted by Crippen LogP contribution is 2.45. The summed E-state index contributed by atoms with van der Waals surface area (Å²) in [5, 5.41) is 3.61. The van der Waals surface area contributed by atoms with Crippen LogP contribution in [0.5, 0.6) is 0 Å². The molecule has 0 unspecified atom stereocenters. The summed E-state index contributed by atoms with van der Waals surface area (Å²) in [5.41, 5.74) is 3.70. The van der Waals surface area contributed by atoms with Gasteiger partial charge in [0.1, 0.15) is 0 Å². The molecular weight excluding hydrogens is 334 g/mol. The molecule has 1 N–H and O–H groups in total. The van der Waals surface area contributed by atoms with Gasteiger partial charge in [0, 0.05) is 27.8 Å². The molecule has 3 rings (SSSR count).